The second kappa shape index (κ2) is 3.93. The Hall–Kier alpha value is -0.890. The average molecular weight is 205 g/mol. The molecule has 1 aliphatic heterocycles. The Morgan fingerprint density at radius 1 is 1.33 bits per heavy atom. The Bertz CT molecular complexity index is 317. The summed E-state index contributed by atoms with van der Waals surface area (Å²) in [6.07, 6.45) is 8.23. The lowest BCUT2D eigenvalue weighted by Gasteiger charge is -2.28. The van der Waals surface area contributed by atoms with E-state index in [1.54, 1.807) is 0 Å². The van der Waals surface area contributed by atoms with Crippen LogP contribution in [0.5, 0.6) is 0 Å². The van der Waals surface area contributed by atoms with Gasteiger partial charge in [-0.05, 0) is 11.8 Å². The van der Waals surface area contributed by atoms with Crippen LogP contribution >= 0.6 is 0 Å². The zero-order valence-electron chi connectivity index (χ0n) is 9.62. The predicted octanol–water partition coefficient (Wildman–Crippen LogP) is 2.17. The molecule has 0 unspecified atom stereocenters. The molecule has 0 saturated heterocycles. The Labute approximate surface area is 91.6 Å². The smallest absolute Gasteiger partial charge is 0.159 e. The maximum absolute atomic E-state index is 11.8. The fourth-order valence-corrected chi connectivity index (χ4v) is 2.25. The number of hydrogen-bond acceptors (Lipinski definition) is 2. The van der Waals surface area contributed by atoms with Gasteiger partial charge in [-0.3, -0.25) is 9.69 Å². The molecule has 0 atom stereocenters. The Kier molecular flexibility index (Phi) is 2.79. The van der Waals surface area contributed by atoms with Crippen LogP contribution < -0.4 is 0 Å². The van der Waals surface area contributed by atoms with Gasteiger partial charge < -0.3 is 0 Å². The first-order valence-corrected chi connectivity index (χ1v) is 5.69. The van der Waals surface area contributed by atoms with Crippen LogP contribution in [-0.4, -0.2) is 30.3 Å². The van der Waals surface area contributed by atoms with Gasteiger partial charge in [0.1, 0.15) is 0 Å². The van der Waals surface area contributed by atoms with Crippen molar-refractivity contribution in [3.05, 3.63) is 23.8 Å². The Morgan fingerprint density at radius 2 is 2.00 bits per heavy atom. The summed E-state index contributed by atoms with van der Waals surface area (Å²) in [5.74, 6) is 0.348. The summed E-state index contributed by atoms with van der Waals surface area (Å²) in [4.78, 5) is 14.1. The van der Waals surface area contributed by atoms with Crippen LogP contribution in [0.3, 0.4) is 0 Å². The minimum absolute atomic E-state index is 0.205. The van der Waals surface area contributed by atoms with E-state index in [1.807, 2.05) is 0 Å². The highest BCUT2D eigenvalue weighted by atomic mass is 16.1. The van der Waals surface area contributed by atoms with Crippen molar-refractivity contribution in [2.45, 2.75) is 26.7 Å². The molecule has 2 nitrogen and oxygen atoms in total. The van der Waals surface area contributed by atoms with Crippen molar-refractivity contribution in [1.82, 2.24) is 4.90 Å². The molecule has 0 amide bonds. The van der Waals surface area contributed by atoms with Gasteiger partial charge in [-0.15, -0.1) is 0 Å². The first-order chi connectivity index (χ1) is 7.07. The normalized spacial score (nSPS) is 25.7. The van der Waals surface area contributed by atoms with E-state index >= 15 is 0 Å². The van der Waals surface area contributed by atoms with Gasteiger partial charge in [-0.25, -0.2) is 0 Å². The third-order valence-corrected chi connectivity index (χ3v) is 3.21. The highest BCUT2D eigenvalue weighted by Gasteiger charge is 2.26. The minimum atomic E-state index is 0.205. The van der Waals surface area contributed by atoms with Crippen LogP contribution in [0.25, 0.3) is 0 Å². The average Bonchev–Trinajstić information content (AvgIpc) is 2.64. The molecule has 0 aromatic rings. The molecular weight excluding hydrogens is 186 g/mol. The van der Waals surface area contributed by atoms with Gasteiger partial charge in [0, 0.05) is 31.6 Å². The summed E-state index contributed by atoms with van der Waals surface area (Å²) >= 11 is 0. The summed E-state index contributed by atoms with van der Waals surface area (Å²) in [6.45, 7) is 7.23. The number of Topliss-reactive ketones (excluding diaryl/α,β-unsaturated/α-hetero) is 1. The second-order valence-electron chi connectivity index (χ2n) is 5.25. The third-order valence-electron chi connectivity index (χ3n) is 3.21. The lowest BCUT2D eigenvalue weighted by Crippen LogP contribution is -2.29. The molecule has 2 aliphatic rings. The predicted molar refractivity (Wildman–Crippen MR) is 61.7 cm³/mol. The second-order valence-corrected chi connectivity index (χ2v) is 5.25. The molecule has 0 fully saturated rings. The van der Waals surface area contributed by atoms with Crippen LogP contribution in [0.4, 0.5) is 0 Å². The number of allylic oxidation sites excluding steroid dienone is 1. The summed E-state index contributed by atoms with van der Waals surface area (Å²) in [7, 11) is 0. The highest BCUT2D eigenvalue weighted by Crippen LogP contribution is 2.31. The quantitative estimate of drug-likeness (QED) is 0.644. The zero-order chi connectivity index (χ0) is 10.9. The third kappa shape index (κ3) is 2.57. The van der Waals surface area contributed by atoms with Crippen molar-refractivity contribution >= 4 is 5.78 Å². The molecule has 2 rings (SSSR count). The van der Waals surface area contributed by atoms with Crippen molar-refractivity contribution in [1.29, 1.82) is 0 Å². The Balaban J connectivity index is 2.05. The van der Waals surface area contributed by atoms with E-state index in [0.717, 1.165) is 38.0 Å². The summed E-state index contributed by atoms with van der Waals surface area (Å²) in [6, 6.07) is 0. The standard InChI is InChI=1S/C13H19NO/c1-13(2)6-5-12(15)11(9-13)10-14-7-3-4-8-14/h3-4,9H,5-8,10H2,1-2H3. The van der Waals surface area contributed by atoms with E-state index in [-0.39, 0.29) is 5.41 Å². The maximum atomic E-state index is 11.8. The fourth-order valence-electron chi connectivity index (χ4n) is 2.25. The van der Waals surface area contributed by atoms with Crippen LogP contribution in [0.15, 0.2) is 23.8 Å². The summed E-state index contributed by atoms with van der Waals surface area (Å²) in [5, 5.41) is 0. The van der Waals surface area contributed by atoms with Crippen LogP contribution in [0.2, 0.25) is 0 Å². The van der Waals surface area contributed by atoms with Crippen molar-refractivity contribution < 1.29 is 4.79 Å². The zero-order valence-corrected chi connectivity index (χ0v) is 9.62. The number of ketones is 1. The number of nitrogens with zero attached hydrogens (tertiary/aromatic N) is 1. The number of carbonyl (C=O) groups is 1. The topological polar surface area (TPSA) is 20.3 Å². The first kappa shape index (κ1) is 10.6. The molecular formula is C13H19NO. The molecule has 0 spiro atoms. The maximum Gasteiger partial charge on any atom is 0.159 e. The molecule has 1 aliphatic carbocycles. The van der Waals surface area contributed by atoms with Gasteiger partial charge in [0.2, 0.25) is 0 Å². The van der Waals surface area contributed by atoms with Crippen molar-refractivity contribution in [3.8, 4) is 0 Å². The lowest BCUT2D eigenvalue weighted by atomic mass is 9.79. The summed E-state index contributed by atoms with van der Waals surface area (Å²) in [5.41, 5.74) is 1.23. The van der Waals surface area contributed by atoms with Gasteiger partial charge in [0.25, 0.3) is 0 Å². The van der Waals surface area contributed by atoms with Gasteiger partial charge >= 0.3 is 0 Å². The van der Waals surface area contributed by atoms with Gasteiger partial charge in [0.15, 0.2) is 5.78 Å². The first-order valence-electron chi connectivity index (χ1n) is 5.69. The van der Waals surface area contributed by atoms with Gasteiger partial charge in [0.05, 0.1) is 0 Å². The van der Waals surface area contributed by atoms with E-state index in [0.29, 0.717) is 5.78 Å². The van der Waals surface area contributed by atoms with Gasteiger partial charge in [-0.1, -0.05) is 32.1 Å². The van der Waals surface area contributed by atoms with Crippen molar-refractivity contribution in [2.24, 2.45) is 5.41 Å². The molecule has 0 saturated carbocycles. The largest absolute Gasteiger partial charge is 0.295 e. The molecule has 0 radical (unpaired) electrons. The molecule has 2 heteroatoms. The van der Waals surface area contributed by atoms with E-state index in [1.165, 1.54) is 0 Å². The minimum Gasteiger partial charge on any atom is -0.295 e. The SMILES string of the molecule is CC1(C)C=C(CN2CC=CC2)C(=O)CC1. The Morgan fingerprint density at radius 3 is 2.67 bits per heavy atom. The van der Waals surface area contributed by atoms with E-state index in [9.17, 15) is 4.79 Å². The van der Waals surface area contributed by atoms with Crippen molar-refractivity contribution in [2.75, 3.05) is 19.6 Å². The molecule has 82 valence electrons. The molecule has 15 heavy (non-hydrogen) atoms. The lowest BCUT2D eigenvalue weighted by molar-refractivity contribution is -0.116. The molecule has 0 bridgehead atoms. The summed E-state index contributed by atoms with van der Waals surface area (Å²) < 4.78 is 0. The number of rotatable bonds is 2. The number of hydrogen-bond donors (Lipinski definition) is 0. The van der Waals surface area contributed by atoms with Crippen molar-refractivity contribution in [3.63, 3.8) is 0 Å². The fraction of sp³-hybridized carbons (Fsp3) is 0.615. The van der Waals surface area contributed by atoms with E-state index in [2.05, 4.69) is 37.0 Å². The molecule has 0 aromatic carbocycles. The molecule has 0 N–H and O–H groups in total. The molecule has 0 aromatic heterocycles. The number of carbonyl (C=O) groups excluding carboxylic acids is 1. The monoisotopic (exact) mass is 205 g/mol. The van der Waals surface area contributed by atoms with Crippen LogP contribution in [0, 0.1) is 5.41 Å². The molecule has 1 heterocycles. The van der Waals surface area contributed by atoms with E-state index < -0.39 is 0 Å². The van der Waals surface area contributed by atoms with Gasteiger partial charge in [-0.2, -0.15) is 0 Å². The van der Waals surface area contributed by atoms with E-state index in [4.69, 9.17) is 0 Å². The van der Waals surface area contributed by atoms with Crippen LogP contribution in [-0.2, 0) is 4.79 Å². The van der Waals surface area contributed by atoms with Crippen LogP contribution in [0.1, 0.15) is 26.7 Å². The highest BCUT2D eigenvalue weighted by molar-refractivity contribution is 5.96.